The lowest BCUT2D eigenvalue weighted by Crippen LogP contribution is -2.07. The van der Waals surface area contributed by atoms with Gasteiger partial charge in [0.25, 0.3) is 0 Å². The molecule has 0 aliphatic heterocycles. The Morgan fingerprint density at radius 1 is 1.24 bits per heavy atom. The molecule has 2 aromatic rings. The lowest BCUT2D eigenvalue weighted by atomic mass is 10.1. The second kappa shape index (κ2) is 6.76. The first-order chi connectivity index (χ1) is 10.0. The van der Waals surface area contributed by atoms with Gasteiger partial charge in [-0.1, -0.05) is 34.1 Å². The highest BCUT2D eigenvalue weighted by Crippen LogP contribution is 2.23. The van der Waals surface area contributed by atoms with E-state index in [1.807, 2.05) is 19.1 Å². The van der Waals surface area contributed by atoms with E-state index in [1.165, 1.54) is 18.2 Å². The van der Waals surface area contributed by atoms with Gasteiger partial charge in [0.2, 0.25) is 0 Å². The third kappa shape index (κ3) is 3.64. The second-order valence-corrected chi connectivity index (χ2v) is 5.77. The van der Waals surface area contributed by atoms with Gasteiger partial charge in [-0.05, 0) is 48.7 Å². The topological polar surface area (TPSA) is 38.3 Å². The fourth-order valence-electron chi connectivity index (χ4n) is 2.14. The number of carbonyl (C=O) groups is 1. The number of aryl methyl sites for hydroxylation is 1. The minimum atomic E-state index is -0.312. The van der Waals surface area contributed by atoms with Crippen LogP contribution in [0.2, 0.25) is 0 Å². The molecule has 1 N–H and O–H groups in total. The smallest absolute Gasteiger partial charge is 0.338 e. The summed E-state index contributed by atoms with van der Waals surface area (Å²) in [4.78, 5) is 11.7. The number of esters is 1. The number of benzene rings is 2. The van der Waals surface area contributed by atoms with Crippen LogP contribution in [0.3, 0.4) is 0 Å². The summed E-state index contributed by atoms with van der Waals surface area (Å²) in [6, 6.07) is 11.9. The molecule has 0 bridgehead atoms. The predicted octanol–water partition coefficient (Wildman–Crippen LogP) is 4.46. The van der Waals surface area contributed by atoms with Gasteiger partial charge < -0.3 is 10.1 Å². The molecule has 0 amide bonds. The highest BCUT2D eigenvalue weighted by Gasteiger charge is 2.11. The predicted molar refractivity (Wildman–Crippen MR) is 88.7 cm³/mol. The molecule has 2 rings (SSSR count). The maximum absolute atomic E-state index is 11.7. The van der Waals surface area contributed by atoms with E-state index in [9.17, 15) is 4.79 Å². The second-order valence-electron chi connectivity index (χ2n) is 4.92. The summed E-state index contributed by atoms with van der Waals surface area (Å²) >= 11 is 3.57. The van der Waals surface area contributed by atoms with Crippen molar-refractivity contribution < 1.29 is 9.53 Å². The summed E-state index contributed by atoms with van der Waals surface area (Å²) < 4.78 is 5.87. The van der Waals surface area contributed by atoms with Crippen molar-refractivity contribution in [3.05, 3.63) is 63.1 Å². The zero-order valence-electron chi connectivity index (χ0n) is 12.4. The van der Waals surface area contributed by atoms with E-state index in [-0.39, 0.29) is 5.97 Å². The van der Waals surface area contributed by atoms with E-state index in [4.69, 9.17) is 4.74 Å². The summed E-state index contributed by atoms with van der Waals surface area (Å²) in [7, 11) is 1.39. The molecule has 0 atom stereocenters. The minimum absolute atomic E-state index is 0.312. The molecule has 0 aliphatic rings. The SMILES string of the molecule is COC(=O)c1cccc(NCc2ccc(C)cc2Br)c1C. The molecule has 0 aliphatic carbocycles. The van der Waals surface area contributed by atoms with Crippen molar-refractivity contribution in [3.63, 3.8) is 0 Å². The minimum Gasteiger partial charge on any atom is -0.465 e. The van der Waals surface area contributed by atoms with Crippen LogP contribution in [0.5, 0.6) is 0 Å². The van der Waals surface area contributed by atoms with Crippen LogP contribution in [-0.2, 0) is 11.3 Å². The Balaban J connectivity index is 2.18. The number of hydrogen-bond acceptors (Lipinski definition) is 3. The normalized spacial score (nSPS) is 10.3. The first kappa shape index (κ1) is 15.6. The largest absolute Gasteiger partial charge is 0.465 e. The van der Waals surface area contributed by atoms with E-state index in [1.54, 1.807) is 6.07 Å². The van der Waals surface area contributed by atoms with Crippen molar-refractivity contribution in [2.75, 3.05) is 12.4 Å². The summed E-state index contributed by atoms with van der Waals surface area (Å²) in [5, 5.41) is 3.37. The summed E-state index contributed by atoms with van der Waals surface area (Å²) in [5.74, 6) is -0.312. The number of anilines is 1. The Kier molecular flexibility index (Phi) is 5.02. The number of ether oxygens (including phenoxy) is 1. The fourth-order valence-corrected chi connectivity index (χ4v) is 2.78. The monoisotopic (exact) mass is 347 g/mol. The molecule has 0 saturated heterocycles. The quantitative estimate of drug-likeness (QED) is 0.829. The van der Waals surface area contributed by atoms with Crippen LogP contribution in [0.15, 0.2) is 40.9 Å². The molecular weight excluding hydrogens is 330 g/mol. The van der Waals surface area contributed by atoms with Gasteiger partial charge in [0, 0.05) is 16.7 Å². The molecule has 0 fully saturated rings. The molecule has 0 spiro atoms. The summed E-state index contributed by atoms with van der Waals surface area (Å²) in [5.41, 5.74) is 4.81. The molecule has 0 unspecified atom stereocenters. The molecule has 21 heavy (non-hydrogen) atoms. The maximum Gasteiger partial charge on any atom is 0.338 e. The van der Waals surface area contributed by atoms with Gasteiger partial charge in [0.15, 0.2) is 0 Å². The number of carbonyl (C=O) groups excluding carboxylic acids is 1. The molecule has 0 saturated carbocycles. The molecule has 4 heteroatoms. The molecule has 110 valence electrons. The van der Waals surface area contributed by atoms with Gasteiger partial charge in [-0.15, -0.1) is 0 Å². The van der Waals surface area contributed by atoms with Gasteiger partial charge in [0.05, 0.1) is 12.7 Å². The van der Waals surface area contributed by atoms with Gasteiger partial charge in [-0.2, -0.15) is 0 Å². The van der Waals surface area contributed by atoms with Crippen LogP contribution in [0.25, 0.3) is 0 Å². The van der Waals surface area contributed by atoms with E-state index in [0.29, 0.717) is 12.1 Å². The highest BCUT2D eigenvalue weighted by atomic mass is 79.9. The van der Waals surface area contributed by atoms with Crippen LogP contribution >= 0.6 is 15.9 Å². The Hall–Kier alpha value is -1.81. The highest BCUT2D eigenvalue weighted by molar-refractivity contribution is 9.10. The number of methoxy groups -OCH3 is 1. The number of rotatable bonds is 4. The van der Waals surface area contributed by atoms with Crippen LogP contribution in [0.4, 0.5) is 5.69 Å². The van der Waals surface area contributed by atoms with Gasteiger partial charge in [-0.25, -0.2) is 4.79 Å². The first-order valence-corrected chi connectivity index (χ1v) is 7.49. The molecule has 3 nitrogen and oxygen atoms in total. The average molecular weight is 348 g/mol. The average Bonchev–Trinajstić information content (AvgIpc) is 2.47. The number of hydrogen-bond donors (Lipinski definition) is 1. The molecule has 0 heterocycles. The van der Waals surface area contributed by atoms with E-state index in [0.717, 1.165) is 15.7 Å². The zero-order valence-corrected chi connectivity index (χ0v) is 14.0. The summed E-state index contributed by atoms with van der Waals surface area (Å²) in [6.07, 6.45) is 0. The first-order valence-electron chi connectivity index (χ1n) is 6.69. The van der Waals surface area contributed by atoms with Crippen molar-refractivity contribution in [2.24, 2.45) is 0 Å². The van der Waals surface area contributed by atoms with Gasteiger partial charge in [0.1, 0.15) is 0 Å². The number of halogens is 1. The lowest BCUT2D eigenvalue weighted by molar-refractivity contribution is 0.0600. The third-order valence-corrected chi connectivity index (χ3v) is 4.16. The molecular formula is C17H18BrNO2. The van der Waals surface area contributed by atoms with Crippen molar-refractivity contribution in [3.8, 4) is 0 Å². The van der Waals surface area contributed by atoms with E-state index >= 15 is 0 Å². The maximum atomic E-state index is 11.7. The Morgan fingerprint density at radius 3 is 2.67 bits per heavy atom. The molecule has 2 aromatic carbocycles. The van der Waals surface area contributed by atoms with Crippen LogP contribution in [-0.4, -0.2) is 13.1 Å². The zero-order chi connectivity index (χ0) is 15.4. The van der Waals surface area contributed by atoms with Crippen molar-refractivity contribution in [1.29, 1.82) is 0 Å². The van der Waals surface area contributed by atoms with Gasteiger partial charge in [-0.3, -0.25) is 0 Å². The van der Waals surface area contributed by atoms with Crippen molar-refractivity contribution >= 4 is 27.6 Å². The standard InChI is InChI=1S/C17H18BrNO2/c1-11-7-8-13(15(18)9-11)10-19-16-6-4-5-14(12(16)2)17(20)21-3/h4-9,19H,10H2,1-3H3. The van der Waals surface area contributed by atoms with Crippen molar-refractivity contribution in [2.45, 2.75) is 20.4 Å². The Labute approximate surface area is 133 Å². The van der Waals surface area contributed by atoms with Crippen LogP contribution < -0.4 is 5.32 Å². The van der Waals surface area contributed by atoms with Gasteiger partial charge >= 0.3 is 5.97 Å². The van der Waals surface area contributed by atoms with E-state index < -0.39 is 0 Å². The summed E-state index contributed by atoms with van der Waals surface area (Å²) in [6.45, 7) is 4.66. The Bertz CT molecular complexity index is 668. The van der Waals surface area contributed by atoms with Crippen LogP contribution in [0, 0.1) is 13.8 Å². The number of nitrogens with one attached hydrogen (secondary N) is 1. The lowest BCUT2D eigenvalue weighted by Gasteiger charge is -2.13. The Morgan fingerprint density at radius 2 is 2.00 bits per heavy atom. The van der Waals surface area contributed by atoms with E-state index in [2.05, 4.69) is 46.4 Å². The fraction of sp³-hybridized carbons (Fsp3) is 0.235. The molecule has 0 aromatic heterocycles. The molecule has 0 radical (unpaired) electrons. The van der Waals surface area contributed by atoms with Crippen LogP contribution in [0.1, 0.15) is 27.0 Å². The van der Waals surface area contributed by atoms with Crippen molar-refractivity contribution in [1.82, 2.24) is 0 Å². The third-order valence-electron chi connectivity index (χ3n) is 3.42.